The highest BCUT2D eigenvalue weighted by atomic mass is 16.5. The van der Waals surface area contributed by atoms with Gasteiger partial charge in [0.2, 0.25) is 5.75 Å². The standard InChI is InChI=1S/C21H26O4/c1-5-6-10-13-25-21-18(19(22)16-11-8-7-9-12-16)15(2)14-17(23-3)20(21)24-4/h7-9,11-12,14H,5-6,10,13H2,1-4H3. The number of hydrogen-bond acceptors (Lipinski definition) is 4. The average molecular weight is 342 g/mol. The van der Waals surface area contributed by atoms with Crippen LogP contribution in [0.2, 0.25) is 0 Å². The van der Waals surface area contributed by atoms with Crippen molar-refractivity contribution in [3.05, 3.63) is 53.1 Å². The minimum absolute atomic E-state index is 0.0791. The summed E-state index contributed by atoms with van der Waals surface area (Å²) >= 11 is 0. The zero-order valence-corrected chi connectivity index (χ0v) is 15.4. The smallest absolute Gasteiger partial charge is 0.204 e. The summed E-state index contributed by atoms with van der Waals surface area (Å²) in [5.41, 5.74) is 1.95. The third-order valence-corrected chi connectivity index (χ3v) is 4.08. The summed E-state index contributed by atoms with van der Waals surface area (Å²) < 4.78 is 16.9. The molecule has 2 rings (SSSR count). The van der Waals surface area contributed by atoms with Gasteiger partial charge in [-0.1, -0.05) is 50.1 Å². The molecule has 0 spiro atoms. The van der Waals surface area contributed by atoms with Crippen LogP contribution in [0.3, 0.4) is 0 Å². The lowest BCUT2D eigenvalue weighted by Gasteiger charge is -2.19. The van der Waals surface area contributed by atoms with E-state index in [0.29, 0.717) is 35.0 Å². The molecule has 2 aromatic rings. The van der Waals surface area contributed by atoms with Gasteiger partial charge in [0.25, 0.3) is 0 Å². The van der Waals surface area contributed by atoms with Crippen molar-refractivity contribution in [1.29, 1.82) is 0 Å². The number of carbonyl (C=O) groups is 1. The van der Waals surface area contributed by atoms with E-state index in [1.807, 2.05) is 31.2 Å². The summed E-state index contributed by atoms with van der Waals surface area (Å²) in [5, 5.41) is 0. The van der Waals surface area contributed by atoms with Gasteiger partial charge in [-0.15, -0.1) is 0 Å². The third-order valence-electron chi connectivity index (χ3n) is 4.08. The quantitative estimate of drug-likeness (QED) is 0.484. The van der Waals surface area contributed by atoms with Gasteiger partial charge in [-0.05, 0) is 25.0 Å². The van der Waals surface area contributed by atoms with Crippen LogP contribution in [-0.2, 0) is 0 Å². The molecule has 4 nitrogen and oxygen atoms in total. The van der Waals surface area contributed by atoms with E-state index in [2.05, 4.69) is 6.92 Å². The van der Waals surface area contributed by atoms with Crippen LogP contribution >= 0.6 is 0 Å². The Labute approximate surface area is 149 Å². The van der Waals surface area contributed by atoms with Crippen molar-refractivity contribution < 1.29 is 19.0 Å². The van der Waals surface area contributed by atoms with Crippen molar-refractivity contribution in [3.63, 3.8) is 0 Å². The molecule has 0 bridgehead atoms. The average Bonchev–Trinajstić information content (AvgIpc) is 2.65. The number of aryl methyl sites for hydroxylation is 1. The lowest BCUT2D eigenvalue weighted by atomic mass is 9.97. The molecule has 0 N–H and O–H groups in total. The number of unbranched alkanes of at least 4 members (excludes halogenated alkanes) is 2. The second kappa shape index (κ2) is 9.11. The second-order valence-corrected chi connectivity index (χ2v) is 5.88. The Morgan fingerprint density at radius 1 is 1.00 bits per heavy atom. The van der Waals surface area contributed by atoms with Gasteiger partial charge in [0.1, 0.15) is 0 Å². The molecule has 0 atom stereocenters. The lowest BCUT2D eigenvalue weighted by molar-refractivity contribution is 0.103. The zero-order valence-electron chi connectivity index (χ0n) is 15.4. The molecular formula is C21H26O4. The zero-order chi connectivity index (χ0) is 18.2. The van der Waals surface area contributed by atoms with Crippen LogP contribution in [0.25, 0.3) is 0 Å². The molecule has 0 aliphatic carbocycles. The number of benzene rings is 2. The minimum atomic E-state index is -0.0791. The van der Waals surface area contributed by atoms with Crippen molar-refractivity contribution >= 4 is 5.78 Å². The molecule has 0 heterocycles. The number of carbonyl (C=O) groups excluding carboxylic acids is 1. The predicted octanol–water partition coefficient (Wildman–Crippen LogP) is 4.81. The van der Waals surface area contributed by atoms with Crippen molar-refractivity contribution in [3.8, 4) is 17.2 Å². The van der Waals surface area contributed by atoms with E-state index >= 15 is 0 Å². The fraction of sp³-hybridized carbons (Fsp3) is 0.381. The van der Waals surface area contributed by atoms with E-state index in [9.17, 15) is 4.79 Å². The maximum atomic E-state index is 13.1. The summed E-state index contributed by atoms with van der Waals surface area (Å²) in [6.07, 6.45) is 3.11. The largest absolute Gasteiger partial charge is 0.493 e. The number of methoxy groups -OCH3 is 2. The number of rotatable bonds is 9. The van der Waals surface area contributed by atoms with Crippen molar-refractivity contribution in [2.75, 3.05) is 20.8 Å². The lowest BCUT2D eigenvalue weighted by Crippen LogP contribution is -2.11. The Balaban J connectivity index is 2.50. The Bertz CT molecular complexity index is 708. The Morgan fingerprint density at radius 3 is 2.32 bits per heavy atom. The molecule has 2 aromatic carbocycles. The molecule has 0 saturated carbocycles. The molecule has 25 heavy (non-hydrogen) atoms. The van der Waals surface area contributed by atoms with Crippen LogP contribution in [-0.4, -0.2) is 26.6 Å². The first-order chi connectivity index (χ1) is 12.1. The van der Waals surface area contributed by atoms with Crippen LogP contribution in [0.4, 0.5) is 0 Å². The van der Waals surface area contributed by atoms with E-state index in [-0.39, 0.29) is 5.78 Å². The summed E-state index contributed by atoms with van der Waals surface area (Å²) in [5.74, 6) is 1.41. The molecule has 4 heteroatoms. The first-order valence-corrected chi connectivity index (χ1v) is 8.62. The number of hydrogen-bond donors (Lipinski definition) is 0. The Hall–Kier alpha value is -2.49. The van der Waals surface area contributed by atoms with Crippen LogP contribution in [0.15, 0.2) is 36.4 Å². The molecule has 0 fully saturated rings. The summed E-state index contributed by atoms with van der Waals surface area (Å²) in [6, 6.07) is 11.0. The van der Waals surface area contributed by atoms with Crippen LogP contribution < -0.4 is 14.2 Å². The molecular weight excluding hydrogens is 316 g/mol. The van der Waals surface area contributed by atoms with E-state index in [4.69, 9.17) is 14.2 Å². The fourth-order valence-corrected chi connectivity index (χ4v) is 2.76. The molecule has 0 radical (unpaired) electrons. The van der Waals surface area contributed by atoms with Crippen LogP contribution in [0.5, 0.6) is 17.2 Å². The molecule has 0 aliphatic rings. The molecule has 0 aliphatic heterocycles. The summed E-state index contributed by atoms with van der Waals surface area (Å²) in [6.45, 7) is 4.56. The van der Waals surface area contributed by atoms with Crippen LogP contribution in [0, 0.1) is 6.92 Å². The SMILES string of the molecule is CCCCCOc1c(OC)c(OC)cc(C)c1C(=O)c1ccccc1. The second-order valence-electron chi connectivity index (χ2n) is 5.88. The molecule has 0 amide bonds. The maximum absolute atomic E-state index is 13.1. The highest BCUT2D eigenvalue weighted by Gasteiger charge is 2.25. The topological polar surface area (TPSA) is 44.8 Å². The fourth-order valence-electron chi connectivity index (χ4n) is 2.76. The normalized spacial score (nSPS) is 10.4. The molecule has 0 saturated heterocycles. The molecule has 134 valence electrons. The van der Waals surface area contributed by atoms with Crippen LogP contribution in [0.1, 0.15) is 47.7 Å². The van der Waals surface area contributed by atoms with E-state index in [0.717, 1.165) is 24.8 Å². The first kappa shape index (κ1) is 18.8. The van der Waals surface area contributed by atoms with Gasteiger partial charge in [0.05, 0.1) is 26.4 Å². The summed E-state index contributed by atoms with van der Waals surface area (Å²) in [7, 11) is 3.14. The highest BCUT2D eigenvalue weighted by molar-refractivity contribution is 6.12. The van der Waals surface area contributed by atoms with Crippen molar-refractivity contribution in [1.82, 2.24) is 0 Å². The van der Waals surface area contributed by atoms with E-state index in [1.54, 1.807) is 26.4 Å². The number of ketones is 1. The van der Waals surface area contributed by atoms with Gasteiger partial charge in [0, 0.05) is 5.56 Å². The third kappa shape index (κ3) is 4.32. The van der Waals surface area contributed by atoms with Gasteiger partial charge < -0.3 is 14.2 Å². The Kier molecular flexibility index (Phi) is 6.87. The van der Waals surface area contributed by atoms with E-state index < -0.39 is 0 Å². The van der Waals surface area contributed by atoms with Gasteiger partial charge >= 0.3 is 0 Å². The minimum Gasteiger partial charge on any atom is -0.493 e. The Morgan fingerprint density at radius 2 is 1.72 bits per heavy atom. The van der Waals surface area contributed by atoms with Gasteiger partial charge in [-0.25, -0.2) is 0 Å². The first-order valence-electron chi connectivity index (χ1n) is 8.62. The highest BCUT2D eigenvalue weighted by Crippen LogP contribution is 2.43. The van der Waals surface area contributed by atoms with Gasteiger partial charge in [-0.2, -0.15) is 0 Å². The van der Waals surface area contributed by atoms with E-state index in [1.165, 1.54) is 0 Å². The maximum Gasteiger partial charge on any atom is 0.204 e. The monoisotopic (exact) mass is 342 g/mol. The molecule has 0 unspecified atom stereocenters. The predicted molar refractivity (Wildman–Crippen MR) is 99.2 cm³/mol. The molecule has 0 aromatic heterocycles. The summed E-state index contributed by atoms with van der Waals surface area (Å²) in [4.78, 5) is 13.1. The van der Waals surface area contributed by atoms with Gasteiger partial charge in [0.15, 0.2) is 17.3 Å². The number of ether oxygens (including phenoxy) is 3. The van der Waals surface area contributed by atoms with Crippen molar-refractivity contribution in [2.24, 2.45) is 0 Å². The van der Waals surface area contributed by atoms with Gasteiger partial charge in [-0.3, -0.25) is 4.79 Å². The van der Waals surface area contributed by atoms with Crippen molar-refractivity contribution in [2.45, 2.75) is 33.1 Å².